The van der Waals surface area contributed by atoms with Crippen LogP contribution in [0.4, 0.5) is 0 Å². The van der Waals surface area contributed by atoms with Crippen molar-refractivity contribution in [1.29, 1.82) is 0 Å². The second-order valence-corrected chi connectivity index (χ2v) is 7.41. The van der Waals surface area contributed by atoms with E-state index < -0.39 is 5.97 Å². The van der Waals surface area contributed by atoms with Crippen molar-refractivity contribution < 1.29 is 14.7 Å². The van der Waals surface area contributed by atoms with E-state index in [1.54, 1.807) is 0 Å². The molecule has 4 unspecified atom stereocenters. The highest BCUT2D eigenvalue weighted by molar-refractivity contribution is 9.10. The van der Waals surface area contributed by atoms with E-state index in [1.165, 1.54) is 5.56 Å². The SMILES string of the molecule is CC1CN(C(=O)C2CC2c2cccc(Br)c2)CCC1C(=O)O. The molecule has 3 rings (SSSR count). The van der Waals surface area contributed by atoms with Crippen LogP contribution in [-0.2, 0) is 9.59 Å². The van der Waals surface area contributed by atoms with Gasteiger partial charge in [0.2, 0.25) is 5.91 Å². The molecule has 0 aromatic heterocycles. The smallest absolute Gasteiger partial charge is 0.306 e. The molecule has 2 aliphatic rings. The number of aliphatic carboxylic acids is 1. The number of rotatable bonds is 3. The summed E-state index contributed by atoms with van der Waals surface area (Å²) in [6.07, 6.45) is 1.47. The Labute approximate surface area is 138 Å². The van der Waals surface area contributed by atoms with Crippen LogP contribution in [0.15, 0.2) is 28.7 Å². The van der Waals surface area contributed by atoms with E-state index in [-0.39, 0.29) is 23.7 Å². The van der Waals surface area contributed by atoms with Crippen LogP contribution in [-0.4, -0.2) is 35.0 Å². The Hall–Kier alpha value is -1.36. The van der Waals surface area contributed by atoms with Crippen LogP contribution in [0.5, 0.6) is 0 Å². The van der Waals surface area contributed by atoms with Crippen LogP contribution in [0.3, 0.4) is 0 Å². The minimum Gasteiger partial charge on any atom is -0.481 e. The highest BCUT2D eigenvalue weighted by Crippen LogP contribution is 2.49. The molecule has 1 aliphatic carbocycles. The Balaban J connectivity index is 1.61. The Morgan fingerprint density at radius 2 is 2.09 bits per heavy atom. The van der Waals surface area contributed by atoms with Gasteiger partial charge in [-0.1, -0.05) is 35.0 Å². The van der Waals surface area contributed by atoms with Crippen molar-refractivity contribution in [3.63, 3.8) is 0 Å². The highest BCUT2D eigenvalue weighted by Gasteiger charge is 2.47. The van der Waals surface area contributed by atoms with Crippen LogP contribution in [0.2, 0.25) is 0 Å². The molecule has 0 radical (unpaired) electrons. The third-order valence-electron chi connectivity index (χ3n) is 4.92. The zero-order valence-electron chi connectivity index (χ0n) is 12.5. The summed E-state index contributed by atoms with van der Waals surface area (Å²) < 4.78 is 1.04. The summed E-state index contributed by atoms with van der Waals surface area (Å²) in [5.74, 6) is -0.443. The number of carboxylic acids is 1. The fourth-order valence-electron chi connectivity index (χ4n) is 3.52. The number of hydrogen-bond donors (Lipinski definition) is 1. The molecule has 1 saturated carbocycles. The van der Waals surface area contributed by atoms with Gasteiger partial charge >= 0.3 is 5.97 Å². The molecule has 4 atom stereocenters. The van der Waals surface area contributed by atoms with E-state index in [1.807, 2.05) is 24.0 Å². The molecular formula is C17H20BrNO3. The molecule has 1 aromatic carbocycles. The van der Waals surface area contributed by atoms with Gasteiger partial charge in [0.15, 0.2) is 0 Å². The average Bonchev–Trinajstić information content (AvgIpc) is 3.26. The van der Waals surface area contributed by atoms with Crippen LogP contribution >= 0.6 is 15.9 Å². The van der Waals surface area contributed by atoms with E-state index >= 15 is 0 Å². The average molecular weight is 366 g/mol. The number of carbonyl (C=O) groups excluding carboxylic acids is 1. The predicted octanol–water partition coefficient (Wildman–Crippen LogP) is 3.12. The maximum Gasteiger partial charge on any atom is 0.306 e. The van der Waals surface area contributed by atoms with Gasteiger partial charge in [-0.05, 0) is 42.4 Å². The van der Waals surface area contributed by atoms with Crippen molar-refractivity contribution in [2.75, 3.05) is 13.1 Å². The van der Waals surface area contributed by atoms with Gasteiger partial charge in [0.25, 0.3) is 0 Å². The normalized spacial score (nSPS) is 30.9. The maximum absolute atomic E-state index is 12.6. The zero-order chi connectivity index (χ0) is 15.9. The van der Waals surface area contributed by atoms with Crippen LogP contribution in [0, 0.1) is 17.8 Å². The summed E-state index contributed by atoms with van der Waals surface area (Å²) >= 11 is 3.47. The van der Waals surface area contributed by atoms with E-state index in [9.17, 15) is 9.59 Å². The standard InChI is InChI=1S/C17H20BrNO3/c1-10-9-19(6-5-13(10)17(21)22)16(20)15-8-14(15)11-3-2-4-12(18)7-11/h2-4,7,10,13-15H,5-6,8-9H2,1H3,(H,21,22). The summed E-state index contributed by atoms with van der Waals surface area (Å²) in [4.78, 5) is 25.6. The largest absolute Gasteiger partial charge is 0.481 e. The van der Waals surface area contributed by atoms with E-state index in [4.69, 9.17) is 5.11 Å². The number of carboxylic acid groups (broad SMARTS) is 1. The lowest BCUT2D eigenvalue weighted by Gasteiger charge is -2.35. The number of piperidine rings is 1. The fraction of sp³-hybridized carbons (Fsp3) is 0.529. The van der Waals surface area contributed by atoms with Gasteiger partial charge in [-0.2, -0.15) is 0 Å². The monoisotopic (exact) mass is 365 g/mol. The quantitative estimate of drug-likeness (QED) is 0.894. The number of benzene rings is 1. The second-order valence-electron chi connectivity index (χ2n) is 6.50. The van der Waals surface area contributed by atoms with Gasteiger partial charge in [-0.3, -0.25) is 9.59 Å². The number of amides is 1. The third-order valence-corrected chi connectivity index (χ3v) is 5.41. The molecule has 0 spiro atoms. The molecule has 118 valence electrons. The van der Waals surface area contributed by atoms with E-state index in [0.717, 1.165) is 10.9 Å². The molecule has 1 heterocycles. The molecule has 1 saturated heterocycles. The summed E-state index contributed by atoms with van der Waals surface area (Å²) in [5.41, 5.74) is 1.21. The van der Waals surface area contributed by atoms with Gasteiger partial charge in [-0.15, -0.1) is 0 Å². The molecule has 22 heavy (non-hydrogen) atoms. The number of hydrogen-bond acceptors (Lipinski definition) is 2. The first-order chi connectivity index (χ1) is 10.5. The zero-order valence-corrected chi connectivity index (χ0v) is 14.1. The van der Waals surface area contributed by atoms with Crippen molar-refractivity contribution in [1.82, 2.24) is 4.90 Å². The summed E-state index contributed by atoms with van der Waals surface area (Å²) in [6.45, 7) is 3.07. The van der Waals surface area contributed by atoms with Gasteiger partial charge < -0.3 is 10.0 Å². The molecule has 0 bridgehead atoms. The number of halogens is 1. The van der Waals surface area contributed by atoms with Crippen LogP contribution in [0.25, 0.3) is 0 Å². The Kier molecular flexibility index (Phi) is 4.26. The first-order valence-electron chi connectivity index (χ1n) is 7.74. The number of likely N-dealkylation sites (tertiary alicyclic amines) is 1. The molecule has 1 aromatic rings. The van der Waals surface area contributed by atoms with Gasteiger partial charge in [0.1, 0.15) is 0 Å². The first-order valence-corrected chi connectivity index (χ1v) is 8.53. The number of carbonyl (C=O) groups is 2. The number of nitrogens with zero attached hydrogens (tertiary/aromatic N) is 1. The Morgan fingerprint density at radius 3 is 2.73 bits per heavy atom. The Bertz CT molecular complexity index is 603. The topological polar surface area (TPSA) is 57.6 Å². The van der Waals surface area contributed by atoms with Crippen molar-refractivity contribution in [2.24, 2.45) is 17.8 Å². The lowest BCUT2D eigenvalue weighted by atomic mass is 9.87. The predicted molar refractivity (Wildman–Crippen MR) is 86.5 cm³/mol. The molecule has 2 fully saturated rings. The van der Waals surface area contributed by atoms with E-state index in [2.05, 4.69) is 28.1 Å². The van der Waals surface area contributed by atoms with Crippen LogP contribution in [0.1, 0.15) is 31.2 Å². The second kappa shape index (κ2) is 6.03. The molecule has 4 nitrogen and oxygen atoms in total. The van der Waals surface area contributed by atoms with Crippen molar-refractivity contribution in [3.05, 3.63) is 34.3 Å². The van der Waals surface area contributed by atoms with Crippen molar-refractivity contribution in [2.45, 2.75) is 25.7 Å². The molecule has 1 aliphatic heterocycles. The molecular weight excluding hydrogens is 346 g/mol. The Morgan fingerprint density at radius 1 is 1.32 bits per heavy atom. The highest BCUT2D eigenvalue weighted by atomic mass is 79.9. The fourth-order valence-corrected chi connectivity index (χ4v) is 3.94. The summed E-state index contributed by atoms with van der Waals surface area (Å²) in [7, 11) is 0. The van der Waals surface area contributed by atoms with Gasteiger partial charge in [0, 0.05) is 23.5 Å². The minimum atomic E-state index is -0.738. The minimum absolute atomic E-state index is 0.0262. The third kappa shape index (κ3) is 3.05. The van der Waals surface area contributed by atoms with Gasteiger partial charge in [0.05, 0.1) is 5.92 Å². The van der Waals surface area contributed by atoms with Gasteiger partial charge in [-0.25, -0.2) is 0 Å². The molecule has 1 N–H and O–H groups in total. The summed E-state index contributed by atoms with van der Waals surface area (Å²) in [6, 6.07) is 8.14. The van der Waals surface area contributed by atoms with Crippen molar-refractivity contribution >= 4 is 27.8 Å². The molecule has 5 heteroatoms. The maximum atomic E-state index is 12.6. The lowest BCUT2D eigenvalue weighted by Crippen LogP contribution is -2.45. The molecule has 1 amide bonds. The summed E-state index contributed by atoms with van der Waals surface area (Å²) in [5, 5.41) is 9.16. The van der Waals surface area contributed by atoms with E-state index in [0.29, 0.717) is 25.4 Å². The first kappa shape index (κ1) is 15.5. The lowest BCUT2D eigenvalue weighted by molar-refractivity contribution is -0.148. The van der Waals surface area contributed by atoms with Crippen molar-refractivity contribution in [3.8, 4) is 0 Å². The van der Waals surface area contributed by atoms with Crippen LogP contribution < -0.4 is 0 Å².